The number of aliphatic hydroxyl groups excluding tert-OH is 1. The zero-order valence-electron chi connectivity index (χ0n) is 25.0. The second-order valence-electron chi connectivity index (χ2n) is 11.2. The first-order valence-electron chi connectivity index (χ1n) is 16.0. The predicted octanol–water partition coefficient (Wildman–Crippen LogP) is 9.23. The molecule has 5 nitrogen and oxygen atoms in total. The van der Waals surface area contributed by atoms with E-state index in [2.05, 4.69) is 13.8 Å². The number of unbranched alkanes of at least 4 members (excludes halogenated alkanes) is 18. The summed E-state index contributed by atoms with van der Waals surface area (Å²) >= 11 is 0. The largest absolute Gasteiger partial charge is 0.466 e. The predicted molar refractivity (Wildman–Crippen MR) is 155 cm³/mol. The number of hydrogen-bond acceptors (Lipinski definition) is 5. The van der Waals surface area contributed by atoms with Gasteiger partial charge in [-0.3, -0.25) is 9.59 Å². The van der Waals surface area contributed by atoms with E-state index < -0.39 is 5.60 Å². The lowest BCUT2D eigenvalue weighted by atomic mass is 9.98. The molecule has 0 radical (unpaired) electrons. The Hall–Kier alpha value is -1.10. The second-order valence-corrected chi connectivity index (χ2v) is 11.2. The Morgan fingerprint density at radius 3 is 1.35 bits per heavy atom. The summed E-state index contributed by atoms with van der Waals surface area (Å²) in [5, 5.41) is 9.45. The van der Waals surface area contributed by atoms with Crippen molar-refractivity contribution >= 4 is 11.9 Å². The van der Waals surface area contributed by atoms with Crippen molar-refractivity contribution in [1.29, 1.82) is 0 Å². The van der Waals surface area contributed by atoms with E-state index in [0.717, 1.165) is 25.7 Å². The molecule has 0 rings (SSSR count). The van der Waals surface area contributed by atoms with Gasteiger partial charge in [-0.25, -0.2) is 0 Å². The van der Waals surface area contributed by atoms with E-state index in [1.807, 2.05) is 6.92 Å². The zero-order chi connectivity index (χ0) is 27.5. The Morgan fingerprint density at radius 2 is 0.946 bits per heavy atom. The summed E-state index contributed by atoms with van der Waals surface area (Å²) in [6.45, 7) is 6.48. The van der Waals surface area contributed by atoms with Crippen molar-refractivity contribution in [2.75, 3.05) is 13.2 Å². The van der Waals surface area contributed by atoms with Gasteiger partial charge in [-0.2, -0.15) is 0 Å². The number of hydrogen-bond donors (Lipinski definition) is 1. The summed E-state index contributed by atoms with van der Waals surface area (Å²) in [6.07, 6.45) is 26.3. The minimum Gasteiger partial charge on any atom is -0.466 e. The molecule has 1 unspecified atom stereocenters. The van der Waals surface area contributed by atoms with E-state index in [-0.39, 0.29) is 25.2 Å². The van der Waals surface area contributed by atoms with E-state index in [1.54, 1.807) is 0 Å². The van der Waals surface area contributed by atoms with Crippen molar-refractivity contribution in [2.45, 2.75) is 180 Å². The summed E-state index contributed by atoms with van der Waals surface area (Å²) in [6, 6.07) is 0. The molecule has 0 saturated carbocycles. The fraction of sp³-hybridized carbons (Fsp3) is 0.938. The van der Waals surface area contributed by atoms with Crippen molar-refractivity contribution in [2.24, 2.45) is 0 Å². The van der Waals surface area contributed by atoms with E-state index in [9.17, 15) is 14.7 Å². The number of carbonyl (C=O) groups excluding carboxylic acids is 2. The molecule has 0 aliphatic heterocycles. The molecule has 0 fully saturated rings. The van der Waals surface area contributed by atoms with E-state index in [1.165, 1.54) is 103 Å². The van der Waals surface area contributed by atoms with Crippen LogP contribution in [-0.4, -0.2) is 35.9 Å². The molecule has 0 aliphatic carbocycles. The highest BCUT2D eigenvalue weighted by Crippen LogP contribution is 2.22. The fourth-order valence-electron chi connectivity index (χ4n) is 4.76. The maximum atomic E-state index is 12.4. The molecule has 0 heterocycles. The molecule has 1 atom stereocenters. The highest BCUT2D eigenvalue weighted by molar-refractivity contribution is 5.70. The molecule has 0 aromatic heterocycles. The molecule has 220 valence electrons. The SMILES string of the molecule is CCCCCCCCCCCCC(=O)OCCC(C)(CCO)OC(=O)CCCCCCCCCCCC. The Kier molecular flexibility index (Phi) is 25.7. The zero-order valence-corrected chi connectivity index (χ0v) is 25.0. The van der Waals surface area contributed by atoms with Crippen LogP contribution in [0.2, 0.25) is 0 Å². The van der Waals surface area contributed by atoms with Crippen LogP contribution < -0.4 is 0 Å². The van der Waals surface area contributed by atoms with Crippen molar-refractivity contribution in [1.82, 2.24) is 0 Å². The molecule has 0 aromatic carbocycles. The minimum absolute atomic E-state index is 0.0609. The lowest BCUT2D eigenvalue weighted by Gasteiger charge is -2.29. The van der Waals surface area contributed by atoms with Crippen LogP contribution in [0, 0.1) is 0 Å². The Labute approximate surface area is 229 Å². The van der Waals surface area contributed by atoms with Gasteiger partial charge in [0.05, 0.1) is 6.61 Å². The normalized spacial score (nSPS) is 12.9. The highest BCUT2D eigenvalue weighted by atomic mass is 16.6. The van der Waals surface area contributed by atoms with Crippen LogP contribution >= 0.6 is 0 Å². The average Bonchev–Trinajstić information content (AvgIpc) is 2.86. The van der Waals surface area contributed by atoms with E-state index >= 15 is 0 Å². The van der Waals surface area contributed by atoms with E-state index in [4.69, 9.17) is 9.47 Å². The lowest BCUT2D eigenvalue weighted by Crippen LogP contribution is -2.34. The molecule has 5 heteroatoms. The van der Waals surface area contributed by atoms with Crippen molar-refractivity contribution in [3.8, 4) is 0 Å². The third-order valence-corrected chi connectivity index (χ3v) is 7.36. The minimum atomic E-state index is -0.790. The molecule has 0 aliphatic rings. The van der Waals surface area contributed by atoms with Crippen molar-refractivity contribution in [3.63, 3.8) is 0 Å². The monoisotopic (exact) mass is 526 g/mol. The number of esters is 2. The van der Waals surface area contributed by atoms with Gasteiger partial charge in [0.1, 0.15) is 5.60 Å². The van der Waals surface area contributed by atoms with Gasteiger partial charge in [0, 0.05) is 32.3 Å². The Balaban J connectivity index is 3.85. The standard InChI is InChI=1S/C32H62O5/c1-4-6-8-10-12-14-16-18-20-22-24-30(34)36-29-27-32(3,26-28-33)37-31(35)25-23-21-19-17-15-13-11-9-7-5-2/h33H,4-29H2,1-3H3. The second kappa shape index (κ2) is 26.5. The van der Waals surface area contributed by atoms with Crippen LogP contribution in [0.1, 0.15) is 175 Å². The fourth-order valence-corrected chi connectivity index (χ4v) is 4.76. The van der Waals surface area contributed by atoms with Crippen LogP contribution in [0.4, 0.5) is 0 Å². The average molecular weight is 527 g/mol. The first-order chi connectivity index (χ1) is 18.0. The Morgan fingerprint density at radius 1 is 0.568 bits per heavy atom. The number of carbonyl (C=O) groups is 2. The third kappa shape index (κ3) is 25.0. The highest BCUT2D eigenvalue weighted by Gasteiger charge is 2.28. The molecular formula is C32H62O5. The molecule has 0 saturated heterocycles. The van der Waals surface area contributed by atoms with Gasteiger partial charge in [0.15, 0.2) is 0 Å². The summed E-state index contributed by atoms with van der Waals surface area (Å²) < 4.78 is 11.1. The van der Waals surface area contributed by atoms with Crippen LogP contribution in [-0.2, 0) is 19.1 Å². The summed E-state index contributed by atoms with van der Waals surface area (Å²) in [4.78, 5) is 24.4. The lowest BCUT2D eigenvalue weighted by molar-refractivity contribution is -0.162. The Bertz CT molecular complexity index is 521. The first kappa shape index (κ1) is 35.9. The maximum absolute atomic E-state index is 12.4. The topological polar surface area (TPSA) is 72.8 Å². The quantitative estimate of drug-likeness (QED) is 0.0812. The van der Waals surface area contributed by atoms with Gasteiger partial charge in [-0.1, -0.05) is 129 Å². The molecule has 0 bridgehead atoms. The molecule has 0 spiro atoms. The van der Waals surface area contributed by atoms with Crippen LogP contribution in [0.25, 0.3) is 0 Å². The van der Waals surface area contributed by atoms with Gasteiger partial charge in [0.2, 0.25) is 0 Å². The molecule has 0 aromatic rings. The molecular weight excluding hydrogens is 464 g/mol. The van der Waals surface area contributed by atoms with Gasteiger partial charge >= 0.3 is 11.9 Å². The number of aliphatic hydroxyl groups is 1. The third-order valence-electron chi connectivity index (χ3n) is 7.36. The van der Waals surface area contributed by atoms with Gasteiger partial charge in [-0.15, -0.1) is 0 Å². The van der Waals surface area contributed by atoms with Crippen LogP contribution in [0.3, 0.4) is 0 Å². The van der Waals surface area contributed by atoms with Crippen LogP contribution in [0.5, 0.6) is 0 Å². The first-order valence-corrected chi connectivity index (χ1v) is 16.0. The maximum Gasteiger partial charge on any atom is 0.306 e. The number of rotatable bonds is 28. The summed E-state index contributed by atoms with van der Waals surface area (Å²) in [5.74, 6) is -0.394. The van der Waals surface area contributed by atoms with Crippen molar-refractivity contribution < 1.29 is 24.2 Å². The molecule has 37 heavy (non-hydrogen) atoms. The van der Waals surface area contributed by atoms with E-state index in [0.29, 0.717) is 25.7 Å². The summed E-state index contributed by atoms with van der Waals surface area (Å²) in [5.41, 5.74) is -0.790. The molecule has 1 N–H and O–H groups in total. The van der Waals surface area contributed by atoms with Gasteiger partial charge < -0.3 is 14.6 Å². The van der Waals surface area contributed by atoms with Gasteiger partial charge in [0.25, 0.3) is 0 Å². The summed E-state index contributed by atoms with van der Waals surface area (Å²) in [7, 11) is 0. The molecule has 0 amide bonds. The smallest absolute Gasteiger partial charge is 0.306 e. The van der Waals surface area contributed by atoms with Crippen molar-refractivity contribution in [3.05, 3.63) is 0 Å². The van der Waals surface area contributed by atoms with Crippen LogP contribution in [0.15, 0.2) is 0 Å². The number of ether oxygens (including phenoxy) is 2. The van der Waals surface area contributed by atoms with Gasteiger partial charge in [-0.05, 0) is 19.8 Å².